The Morgan fingerprint density at radius 1 is 1.14 bits per heavy atom. The van der Waals surface area contributed by atoms with Crippen molar-refractivity contribution >= 4 is 0 Å². The normalized spacial score (nSPS) is 43.9. The van der Waals surface area contributed by atoms with Crippen LogP contribution in [0.2, 0.25) is 0 Å². The smallest absolute Gasteiger partial charge is 0.0621 e. The second kappa shape index (κ2) is 2.96. The molecule has 0 spiro atoms. The average molecular weight is 197 g/mol. The molecule has 2 heteroatoms. The summed E-state index contributed by atoms with van der Waals surface area (Å²) in [7, 11) is 0. The third-order valence-electron chi connectivity index (χ3n) is 4.64. The molecule has 14 heavy (non-hydrogen) atoms. The molecule has 3 unspecified atom stereocenters. The molecule has 2 rings (SSSR count). The number of aliphatic hydroxyl groups excluding tert-OH is 1. The molecule has 2 N–H and O–H groups in total. The van der Waals surface area contributed by atoms with Crippen molar-refractivity contribution in [1.29, 1.82) is 0 Å². The van der Waals surface area contributed by atoms with Gasteiger partial charge in [-0.05, 0) is 24.7 Å². The lowest BCUT2D eigenvalue weighted by Gasteiger charge is -2.55. The summed E-state index contributed by atoms with van der Waals surface area (Å²) in [5.41, 5.74) is 0.544. The van der Waals surface area contributed by atoms with Crippen LogP contribution in [-0.2, 0) is 0 Å². The van der Waals surface area contributed by atoms with Gasteiger partial charge in [-0.3, -0.25) is 0 Å². The molecule has 0 bridgehead atoms. The van der Waals surface area contributed by atoms with Crippen LogP contribution in [-0.4, -0.2) is 23.3 Å². The van der Waals surface area contributed by atoms with Gasteiger partial charge in [-0.2, -0.15) is 0 Å². The lowest BCUT2D eigenvalue weighted by atomic mass is 9.61. The Hall–Kier alpha value is -0.0800. The van der Waals surface area contributed by atoms with Crippen LogP contribution >= 0.6 is 0 Å². The summed E-state index contributed by atoms with van der Waals surface area (Å²) in [6.07, 6.45) is 3.46. The molecule has 2 nitrogen and oxygen atoms in total. The molecule has 0 aliphatic heterocycles. The summed E-state index contributed by atoms with van der Waals surface area (Å²) >= 11 is 0. The number of hydrogen-bond donors (Lipinski definition) is 2. The van der Waals surface area contributed by atoms with E-state index in [9.17, 15) is 5.11 Å². The van der Waals surface area contributed by atoms with Gasteiger partial charge in [0, 0.05) is 17.5 Å². The zero-order valence-electron chi connectivity index (χ0n) is 9.80. The highest BCUT2D eigenvalue weighted by Crippen LogP contribution is 2.45. The van der Waals surface area contributed by atoms with E-state index in [1.807, 2.05) is 0 Å². The van der Waals surface area contributed by atoms with Crippen LogP contribution in [0.1, 0.15) is 47.0 Å². The highest BCUT2D eigenvalue weighted by Gasteiger charge is 2.50. The van der Waals surface area contributed by atoms with Gasteiger partial charge in [-0.15, -0.1) is 0 Å². The Balaban J connectivity index is 1.88. The van der Waals surface area contributed by atoms with Crippen LogP contribution in [0.3, 0.4) is 0 Å². The molecular weight excluding hydrogens is 174 g/mol. The molecule has 82 valence electrons. The molecule has 0 heterocycles. The number of aliphatic hydroxyl groups is 1. The van der Waals surface area contributed by atoms with Crippen LogP contribution in [0.15, 0.2) is 0 Å². The Labute approximate surface area is 87.1 Å². The van der Waals surface area contributed by atoms with Crippen molar-refractivity contribution in [1.82, 2.24) is 5.32 Å². The molecule has 2 saturated carbocycles. The quantitative estimate of drug-likeness (QED) is 0.709. The van der Waals surface area contributed by atoms with E-state index in [1.54, 1.807) is 0 Å². The van der Waals surface area contributed by atoms with Crippen molar-refractivity contribution in [3.8, 4) is 0 Å². The first-order valence-electron chi connectivity index (χ1n) is 5.78. The molecule has 0 radical (unpaired) electrons. The van der Waals surface area contributed by atoms with E-state index in [2.05, 4.69) is 33.0 Å². The van der Waals surface area contributed by atoms with Gasteiger partial charge in [0.1, 0.15) is 0 Å². The Kier molecular flexibility index (Phi) is 2.20. The summed E-state index contributed by atoms with van der Waals surface area (Å²) in [6.45, 7) is 8.97. The average Bonchev–Trinajstić information content (AvgIpc) is 2.10. The fourth-order valence-electron chi connectivity index (χ4n) is 2.60. The topological polar surface area (TPSA) is 32.3 Å². The predicted octanol–water partition coefficient (Wildman–Crippen LogP) is 1.92. The maximum Gasteiger partial charge on any atom is 0.0621 e. The first kappa shape index (κ1) is 10.4. The van der Waals surface area contributed by atoms with E-state index < -0.39 is 0 Å². The van der Waals surface area contributed by atoms with E-state index >= 15 is 0 Å². The van der Waals surface area contributed by atoms with Crippen LogP contribution in [0.25, 0.3) is 0 Å². The molecular formula is C12H23NO. The number of hydrogen-bond acceptors (Lipinski definition) is 2. The van der Waals surface area contributed by atoms with Crippen molar-refractivity contribution in [2.75, 3.05) is 0 Å². The summed E-state index contributed by atoms with van der Waals surface area (Å²) in [5, 5.41) is 13.3. The third kappa shape index (κ3) is 1.40. The van der Waals surface area contributed by atoms with E-state index in [0.29, 0.717) is 17.5 Å². The second-order valence-corrected chi connectivity index (χ2v) is 6.37. The molecule has 0 amide bonds. The molecule has 2 fully saturated rings. The van der Waals surface area contributed by atoms with Gasteiger partial charge in [-0.25, -0.2) is 0 Å². The van der Waals surface area contributed by atoms with Gasteiger partial charge in [-0.1, -0.05) is 27.7 Å². The van der Waals surface area contributed by atoms with E-state index in [1.165, 1.54) is 12.8 Å². The monoisotopic (exact) mass is 197 g/mol. The van der Waals surface area contributed by atoms with E-state index in [-0.39, 0.29) is 11.5 Å². The summed E-state index contributed by atoms with van der Waals surface area (Å²) in [4.78, 5) is 0. The zero-order chi connectivity index (χ0) is 10.6. The van der Waals surface area contributed by atoms with Crippen LogP contribution in [0, 0.1) is 10.8 Å². The van der Waals surface area contributed by atoms with Crippen molar-refractivity contribution in [3.05, 3.63) is 0 Å². The fourth-order valence-corrected chi connectivity index (χ4v) is 2.60. The minimum atomic E-state index is -0.108. The number of rotatable bonds is 2. The van der Waals surface area contributed by atoms with E-state index in [0.717, 1.165) is 6.42 Å². The van der Waals surface area contributed by atoms with Gasteiger partial charge in [0.05, 0.1) is 6.10 Å². The third-order valence-corrected chi connectivity index (χ3v) is 4.64. The fraction of sp³-hybridized carbons (Fsp3) is 1.00. The largest absolute Gasteiger partial charge is 0.392 e. The van der Waals surface area contributed by atoms with Crippen molar-refractivity contribution in [3.63, 3.8) is 0 Å². The standard InChI is InChI=1S/C12H23NO/c1-11(2)6-5-8(11)13-9-7-10(14)12(9,3)4/h8-10,13-14H,5-7H2,1-4H3. The number of nitrogens with one attached hydrogen (secondary N) is 1. The molecule has 0 saturated heterocycles. The predicted molar refractivity (Wildman–Crippen MR) is 58.1 cm³/mol. The van der Waals surface area contributed by atoms with Gasteiger partial charge in [0.25, 0.3) is 0 Å². The second-order valence-electron chi connectivity index (χ2n) is 6.37. The molecule has 2 aliphatic rings. The van der Waals surface area contributed by atoms with Crippen LogP contribution in [0.4, 0.5) is 0 Å². The Morgan fingerprint density at radius 3 is 2.07 bits per heavy atom. The summed E-state index contributed by atoms with van der Waals surface area (Å²) in [5.74, 6) is 0. The highest BCUT2D eigenvalue weighted by atomic mass is 16.3. The van der Waals surface area contributed by atoms with Gasteiger partial charge < -0.3 is 10.4 Å². The zero-order valence-corrected chi connectivity index (χ0v) is 9.80. The maximum atomic E-state index is 9.64. The first-order chi connectivity index (χ1) is 6.34. The maximum absolute atomic E-state index is 9.64. The minimum Gasteiger partial charge on any atom is -0.392 e. The van der Waals surface area contributed by atoms with Crippen molar-refractivity contribution in [2.24, 2.45) is 10.8 Å². The Morgan fingerprint density at radius 2 is 1.79 bits per heavy atom. The van der Waals surface area contributed by atoms with Crippen molar-refractivity contribution in [2.45, 2.75) is 65.1 Å². The molecule has 2 aliphatic carbocycles. The van der Waals surface area contributed by atoms with E-state index in [4.69, 9.17) is 0 Å². The van der Waals surface area contributed by atoms with Crippen LogP contribution < -0.4 is 5.32 Å². The molecule has 3 atom stereocenters. The molecule has 0 aromatic rings. The highest BCUT2D eigenvalue weighted by molar-refractivity contribution is 5.06. The lowest BCUT2D eigenvalue weighted by molar-refractivity contribution is -0.0877. The van der Waals surface area contributed by atoms with Crippen molar-refractivity contribution < 1.29 is 5.11 Å². The Bertz CT molecular complexity index is 234. The van der Waals surface area contributed by atoms with Gasteiger partial charge in [0.2, 0.25) is 0 Å². The first-order valence-corrected chi connectivity index (χ1v) is 5.78. The SMILES string of the molecule is CC1(C)CCC1NC1CC(O)C1(C)C. The lowest BCUT2D eigenvalue weighted by Crippen LogP contribution is -2.65. The minimum absolute atomic E-state index is 0.0751. The van der Waals surface area contributed by atoms with Gasteiger partial charge in [0.15, 0.2) is 0 Å². The van der Waals surface area contributed by atoms with Crippen LogP contribution in [0.5, 0.6) is 0 Å². The summed E-state index contributed by atoms with van der Waals surface area (Å²) < 4.78 is 0. The molecule has 0 aromatic heterocycles. The molecule has 0 aromatic carbocycles. The summed E-state index contributed by atoms with van der Waals surface area (Å²) in [6, 6.07) is 1.18. The van der Waals surface area contributed by atoms with Gasteiger partial charge >= 0.3 is 0 Å².